The van der Waals surface area contributed by atoms with Gasteiger partial charge in [0.15, 0.2) is 0 Å². The number of rotatable bonds is 7. The Balaban J connectivity index is 2.40. The zero-order valence-corrected chi connectivity index (χ0v) is 14.6. The van der Waals surface area contributed by atoms with Crippen molar-refractivity contribution in [2.24, 2.45) is 5.92 Å². The molecule has 0 atom stereocenters. The molecule has 25 heavy (non-hydrogen) atoms. The third kappa shape index (κ3) is 4.57. The lowest BCUT2D eigenvalue weighted by molar-refractivity contribution is -0.384. The summed E-state index contributed by atoms with van der Waals surface area (Å²) in [7, 11) is 0. The Morgan fingerprint density at radius 1 is 1.48 bits per heavy atom. The van der Waals surface area contributed by atoms with Crippen molar-refractivity contribution in [1.82, 2.24) is 4.90 Å². The molecule has 7 heteroatoms. The molecule has 136 valence electrons. The van der Waals surface area contributed by atoms with Crippen molar-refractivity contribution in [3.8, 4) is 0 Å². The van der Waals surface area contributed by atoms with Gasteiger partial charge in [-0.3, -0.25) is 14.9 Å². The first-order valence-electron chi connectivity index (χ1n) is 8.52. The first kappa shape index (κ1) is 18.9. The summed E-state index contributed by atoms with van der Waals surface area (Å²) in [6.07, 6.45) is 3.63. The summed E-state index contributed by atoms with van der Waals surface area (Å²) in [5.41, 5.74) is 0.911. The van der Waals surface area contributed by atoms with Crippen LogP contribution in [0.15, 0.2) is 30.9 Å². The molecule has 0 spiro atoms. The maximum Gasteiger partial charge on any atom is 0.270 e. The molecule has 2 rings (SSSR count). The lowest BCUT2D eigenvalue weighted by Gasteiger charge is -2.34. The summed E-state index contributed by atoms with van der Waals surface area (Å²) in [6, 6.07) is 4.43. The topological polar surface area (TPSA) is 86.9 Å². The van der Waals surface area contributed by atoms with Crippen LogP contribution in [0.5, 0.6) is 0 Å². The zero-order valence-electron chi connectivity index (χ0n) is 14.6. The number of aliphatic hydroxyl groups is 1. The molecule has 0 saturated carbocycles. The van der Waals surface area contributed by atoms with Crippen LogP contribution in [0.2, 0.25) is 0 Å². The SMILES string of the molecule is C=CCN(CCO)C(=O)c1cc([N+](=O)[O-])ccc1N1CCC(C)CC1. The van der Waals surface area contributed by atoms with Gasteiger partial charge in [0.25, 0.3) is 11.6 Å². The maximum atomic E-state index is 12.9. The monoisotopic (exact) mass is 347 g/mol. The number of carbonyl (C=O) groups excluding carboxylic acids is 1. The molecule has 1 fully saturated rings. The first-order chi connectivity index (χ1) is 12.0. The van der Waals surface area contributed by atoms with E-state index in [0.717, 1.165) is 31.6 Å². The Bertz CT molecular complexity index is 639. The maximum absolute atomic E-state index is 12.9. The van der Waals surface area contributed by atoms with Crippen LogP contribution in [-0.4, -0.2) is 53.6 Å². The highest BCUT2D eigenvalue weighted by molar-refractivity contribution is 6.00. The van der Waals surface area contributed by atoms with Crippen LogP contribution in [0.25, 0.3) is 0 Å². The average Bonchev–Trinajstić information content (AvgIpc) is 2.61. The van der Waals surface area contributed by atoms with Crippen molar-refractivity contribution in [3.05, 3.63) is 46.5 Å². The highest BCUT2D eigenvalue weighted by Crippen LogP contribution is 2.30. The average molecular weight is 347 g/mol. The molecule has 7 nitrogen and oxygen atoms in total. The summed E-state index contributed by atoms with van der Waals surface area (Å²) < 4.78 is 0. The van der Waals surface area contributed by atoms with Gasteiger partial charge in [0.1, 0.15) is 0 Å². The van der Waals surface area contributed by atoms with Crippen molar-refractivity contribution < 1.29 is 14.8 Å². The van der Waals surface area contributed by atoms with E-state index in [9.17, 15) is 20.0 Å². The third-order valence-corrected chi connectivity index (χ3v) is 4.55. The number of nitro benzene ring substituents is 1. The van der Waals surface area contributed by atoms with E-state index in [1.807, 2.05) is 0 Å². The molecule has 1 aliphatic heterocycles. The molecule has 0 radical (unpaired) electrons. The second kappa shape index (κ2) is 8.62. The number of amides is 1. The molecule has 1 aromatic rings. The zero-order chi connectivity index (χ0) is 18.4. The van der Waals surface area contributed by atoms with Crippen molar-refractivity contribution in [2.75, 3.05) is 37.7 Å². The van der Waals surface area contributed by atoms with Gasteiger partial charge in [-0.1, -0.05) is 13.0 Å². The molecule has 0 bridgehead atoms. The summed E-state index contributed by atoms with van der Waals surface area (Å²) in [6.45, 7) is 7.73. The number of hydrogen-bond donors (Lipinski definition) is 1. The van der Waals surface area contributed by atoms with E-state index in [-0.39, 0.29) is 31.3 Å². The van der Waals surface area contributed by atoms with Gasteiger partial charge < -0.3 is 14.9 Å². The van der Waals surface area contributed by atoms with Crippen LogP contribution < -0.4 is 4.90 Å². The minimum Gasteiger partial charge on any atom is -0.395 e. The van der Waals surface area contributed by atoms with Gasteiger partial charge >= 0.3 is 0 Å². The molecule has 1 heterocycles. The van der Waals surface area contributed by atoms with Crippen molar-refractivity contribution in [2.45, 2.75) is 19.8 Å². The van der Waals surface area contributed by atoms with E-state index in [0.29, 0.717) is 11.5 Å². The number of carbonyl (C=O) groups is 1. The number of anilines is 1. The molecule has 1 N–H and O–H groups in total. The number of nitro groups is 1. The summed E-state index contributed by atoms with van der Waals surface area (Å²) in [4.78, 5) is 27.1. The van der Waals surface area contributed by atoms with Gasteiger partial charge in [-0.05, 0) is 24.8 Å². The second-order valence-corrected chi connectivity index (χ2v) is 6.39. The van der Waals surface area contributed by atoms with Crippen molar-refractivity contribution in [1.29, 1.82) is 0 Å². The smallest absolute Gasteiger partial charge is 0.270 e. The summed E-state index contributed by atoms with van der Waals surface area (Å²) >= 11 is 0. The van der Waals surface area contributed by atoms with E-state index in [1.165, 1.54) is 17.0 Å². The highest BCUT2D eigenvalue weighted by Gasteiger charge is 2.25. The normalized spacial score (nSPS) is 15.0. The van der Waals surface area contributed by atoms with E-state index in [4.69, 9.17) is 0 Å². The summed E-state index contributed by atoms with van der Waals surface area (Å²) in [5, 5.41) is 20.3. The fraction of sp³-hybridized carbons (Fsp3) is 0.500. The van der Waals surface area contributed by atoms with E-state index in [1.54, 1.807) is 12.1 Å². The second-order valence-electron chi connectivity index (χ2n) is 6.39. The van der Waals surface area contributed by atoms with Gasteiger partial charge in [-0.25, -0.2) is 0 Å². The van der Waals surface area contributed by atoms with E-state index < -0.39 is 4.92 Å². The fourth-order valence-electron chi connectivity index (χ4n) is 3.06. The predicted molar refractivity (Wildman–Crippen MR) is 96.9 cm³/mol. The van der Waals surface area contributed by atoms with Crippen LogP contribution in [-0.2, 0) is 0 Å². The van der Waals surface area contributed by atoms with Gasteiger partial charge in [0, 0.05) is 38.3 Å². The Morgan fingerprint density at radius 3 is 2.72 bits per heavy atom. The van der Waals surface area contributed by atoms with E-state index >= 15 is 0 Å². The quantitative estimate of drug-likeness (QED) is 0.465. The highest BCUT2D eigenvalue weighted by atomic mass is 16.6. The molecule has 0 unspecified atom stereocenters. The molecular formula is C18H25N3O4. The minimum atomic E-state index is -0.497. The Hall–Kier alpha value is -2.41. The van der Waals surface area contributed by atoms with Gasteiger partial charge in [-0.2, -0.15) is 0 Å². The number of aliphatic hydroxyl groups excluding tert-OH is 1. The van der Waals surface area contributed by atoms with Crippen LogP contribution in [0.4, 0.5) is 11.4 Å². The molecule has 1 aliphatic rings. The number of piperidine rings is 1. The molecular weight excluding hydrogens is 322 g/mol. The number of benzene rings is 1. The molecule has 1 saturated heterocycles. The van der Waals surface area contributed by atoms with Crippen LogP contribution in [0.3, 0.4) is 0 Å². The minimum absolute atomic E-state index is 0.111. The standard InChI is InChI=1S/C18H25N3O4/c1-3-8-20(11-12-22)18(23)16-13-15(21(24)25)4-5-17(16)19-9-6-14(2)7-10-19/h3-5,13-14,22H,1,6-12H2,2H3. The van der Waals surface area contributed by atoms with E-state index in [2.05, 4.69) is 18.4 Å². The molecule has 0 aromatic heterocycles. The lowest BCUT2D eigenvalue weighted by atomic mass is 9.97. The predicted octanol–water partition coefficient (Wildman–Crippen LogP) is 2.45. The number of hydrogen-bond acceptors (Lipinski definition) is 5. The molecule has 0 aliphatic carbocycles. The van der Waals surface area contributed by atoms with Crippen molar-refractivity contribution >= 4 is 17.3 Å². The van der Waals surface area contributed by atoms with Gasteiger partial charge in [0.2, 0.25) is 0 Å². The molecule has 1 aromatic carbocycles. The number of non-ortho nitro benzene ring substituents is 1. The van der Waals surface area contributed by atoms with Crippen LogP contribution in [0.1, 0.15) is 30.1 Å². The fourth-order valence-corrected chi connectivity index (χ4v) is 3.06. The first-order valence-corrected chi connectivity index (χ1v) is 8.52. The lowest BCUT2D eigenvalue weighted by Crippen LogP contribution is -2.37. The van der Waals surface area contributed by atoms with Crippen molar-refractivity contribution in [3.63, 3.8) is 0 Å². The third-order valence-electron chi connectivity index (χ3n) is 4.55. The summed E-state index contributed by atoms with van der Waals surface area (Å²) in [5.74, 6) is 0.311. The Labute approximate surface area is 147 Å². The largest absolute Gasteiger partial charge is 0.395 e. The van der Waals surface area contributed by atoms with Crippen LogP contribution >= 0.6 is 0 Å². The van der Waals surface area contributed by atoms with Crippen LogP contribution in [0, 0.1) is 16.0 Å². The Morgan fingerprint density at radius 2 is 2.16 bits per heavy atom. The molecule has 1 amide bonds. The Kier molecular flexibility index (Phi) is 6.52. The van der Waals surface area contributed by atoms with Gasteiger partial charge in [0.05, 0.1) is 22.8 Å². The van der Waals surface area contributed by atoms with Gasteiger partial charge in [-0.15, -0.1) is 6.58 Å². The number of nitrogens with zero attached hydrogens (tertiary/aromatic N) is 3.